The minimum Gasteiger partial charge on any atom is -0.385 e. The molecule has 0 saturated carbocycles. The van der Waals surface area contributed by atoms with Gasteiger partial charge < -0.3 is 5.11 Å². The molecule has 0 amide bonds. The molecule has 1 atom stereocenters. The summed E-state index contributed by atoms with van der Waals surface area (Å²) in [7, 11) is 0. The molecule has 1 N–H and O–H groups in total. The first-order valence-electron chi connectivity index (χ1n) is 5.54. The average Bonchev–Trinajstić information content (AvgIpc) is 2.51. The molecule has 3 heteroatoms. The molecular weight excluding hydrogens is 188 g/mol. The number of aromatic nitrogens is 2. The molecular formula is C12H22N2O. The molecule has 86 valence electrons. The zero-order valence-corrected chi connectivity index (χ0v) is 10.4. The summed E-state index contributed by atoms with van der Waals surface area (Å²) in [5.74, 6) is 0. The molecule has 0 aliphatic heterocycles. The highest BCUT2D eigenvalue weighted by molar-refractivity contribution is 5.17. The predicted octanol–water partition coefficient (Wildman–Crippen LogP) is 2.55. The Morgan fingerprint density at radius 2 is 1.93 bits per heavy atom. The van der Waals surface area contributed by atoms with Gasteiger partial charge in [0, 0.05) is 18.3 Å². The molecule has 1 aromatic rings. The van der Waals surface area contributed by atoms with Crippen molar-refractivity contribution in [3.05, 3.63) is 18.0 Å². The fourth-order valence-electron chi connectivity index (χ4n) is 1.40. The third kappa shape index (κ3) is 2.40. The van der Waals surface area contributed by atoms with Crippen molar-refractivity contribution in [2.24, 2.45) is 5.41 Å². The summed E-state index contributed by atoms with van der Waals surface area (Å²) in [4.78, 5) is 0. The Hall–Kier alpha value is -0.830. The molecule has 0 bridgehead atoms. The second kappa shape index (κ2) is 3.97. The second-order valence-electron chi connectivity index (χ2n) is 5.31. The zero-order chi connectivity index (χ0) is 11.7. The Morgan fingerprint density at radius 1 is 1.33 bits per heavy atom. The largest absolute Gasteiger partial charge is 0.385 e. The summed E-state index contributed by atoms with van der Waals surface area (Å²) in [5.41, 5.74) is -0.130. The van der Waals surface area contributed by atoms with E-state index in [-0.39, 0.29) is 5.41 Å². The lowest BCUT2D eigenvalue weighted by Gasteiger charge is -2.36. The van der Waals surface area contributed by atoms with Gasteiger partial charge in [0.25, 0.3) is 0 Å². The van der Waals surface area contributed by atoms with Crippen LogP contribution in [0, 0.1) is 5.41 Å². The van der Waals surface area contributed by atoms with E-state index in [9.17, 15) is 5.11 Å². The van der Waals surface area contributed by atoms with Gasteiger partial charge in [0.1, 0.15) is 0 Å². The van der Waals surface area contributed by atoms with Crippen molar-refractivity contribution in [2.45, 2.75) is 53.2 Å². The van der Waals surface area contributed by atoms with Gasteiger partial charge in [0.2, 0.25) is 0 Å². The predicted molar refractivity (Wildman–Crippen MR) is 61.5 cm³/mol. The van der Waals surface area contributed by atoms with E-state index in [1.54, 1.807) is 6.20 Å². The van der Waals surface area contributed by atoms with Gasteiger partial charge in [-0.25, -0.2) is 0 Å². The van der Waals surface area contributed by atoms with Crippen LogP contribution in [0.2, 0.25) is 0 Å². The van der Waals surface area contributed by atoms with Gasteiger partial charge in [0.15, 0.2) is 0 Å². The molecule has 0 saturated heterocycles. The van der Waals surface area contributed by atoms with Crippen LogP contribution in [0.3, 0.4) is 0 Å². The SMILES string of the molecule is CCCn1cc(C(C)(O)C(C)(C)C)cn1. The normalized spacial score (nSPS) is 16.4. The lowest BCUT2D eigenvalue weighted by atomic mass is 9.74. The van der Waals surface area contributed by atoms with E-state index in [4.69, 9.17) is 0 Å². The molecule has 0 fully saturated rings. The van der Waals surface area contributed by atoms with Crippen LogP contribution >= 0.6 is 0 Å². The fourth-order valence-corrected chi connectivity index (χ4v) is 1.40. The summed E-state index contributed by atoms with van der Waals surface area (Å²) in [6, 6.07) is 0. The van der Waals surface area contributed by atoms with Gasteiger partial charge in [-0.15, -0.1) is 0 Å². The zero-order valence-electron chi connectivity index (χ0n) is 10.4. The van der Waals surface area contributed by atoms with Gasteiger partial charge in [0.05, 0.1) is 11.8 Å². The third-order valence-corrected chi connectivity index (χ3v) is 3.11. The third-order valence-electron chi connectivity index (χ3n) is 3.11. The number of nitrogens with zero attached hydrogens (tertiary/aromatic N) is 2. The van der Waals surface area contributed by atoms with E-state index >= 15 is 0 Å². The van der Waals surface area contributed by atoms with Gasteiger partial charge in [-0.05, 0) is 18.8 Å². The van der Waals surface area contributed by atoms with E-state index < -0.39 is 5.60 Å². The Morgan fingerprint density at radius 3 is 2.40 bits per heavy atom. The molecule has 1 unspecified atom stereocenters. The monoisotopic (exact) mass is 210 g/mol. The standard InChI is InChI=1S/C12H22N2O/c1-6-7-14-9-10(8-13-14)12(5,15)11(2,3)4/h8-9,15H,6-7H2,1-5H3. The van der Waals surface area contributed by atoms with Crippen LogP contribution in [0.15, 0.2) is 12.4 Å². The van der Waals surface area contributed by atoms with Gasteiger partial charge in [-0.3, -0.25) is 4.68 Å². The molecule has 0 aliphatic rings. The quantitative estimate of drug-likeness (QED) is 0.832. The highest BCUT2D eigenvalue weighted by atomic mass is 16.3. The minimum atomic E-state index is -0.834. The summed E-state index contributed by atoms with van der Waals surface area (Å²) >= 11 is 0. The molecule has 1 heterocycles. The van der Waals surface area contributed by atoms with E-state index in [1.165, 1.54) is 0 Å². The van der Waals surface area contributed by atoms with Crippen molar-refractivity contribution in [3.63, 3.8) is 0 Å². The highest BCUT2D eigenvalue weighted by Crippen LogP contribution is 2.38. The van der Waals surface area contributed by atoms with Crippen LogP contribution in [-0.2, 0) is 12.1 Å². The summed E-state index contributed by atoms with van der Waals surface area (Å²) in [6.07, 6.45) is 4.76. The van der Waals surface area contributed by atoms with Crippen molar-refractivity contribution >= 4 is 0 Å². The second-order valence-corrected chi connectivity index (χ2v) is 5.31. The van der Waals surface area contributed by atoms with Gasteiger partial charge in [-0.2, -0.15) is 5.10 Å². The summed E-state index contributed by atoms with van der Waals surface area (Å²) < 4.78 is 1.88. The van der Waals surface area contributed by atoms with Crippen molar-refractivity contribution in [3.8, 4) is 0 Å². The van der Waals surface area contributed by atoms with Crippen LogP contribution in [0.25, 0.3) is 0 Å². The number of hydrogen-bond acceptors (Lipinski definition) is 2. The number of rotatable bonds is 3. The van der Waals surface area contributed by atoms with Crippen LogP contribution in [0.4, 0.5) is 0 Å². The average molecular weight is 210 g/mol. The Kier molecular flexibility index (Phi) is 3.24. The van der Waals surface area contributed by atoms with Crippen molar-refractivity contribution in [1.29, 1.82) is 0 Å². The van der Waals surface area contributed by atoms with Crippen LogP contribution in [0.5, 0.6) is 0 Å². The lowest BCUT2D eigenvalue weighted by molar-refractivity contribution is -0.0470. The maximum absolute atomic E-state index is 10.5. The van der Waals surface area contributed by atoms with Crippen LogP contribution in [0.1, 0.15) is 46.6 Å². The molecule has 1 rings (SSSR count). The van der Waals surface area contributed by atoms with E-state index in [0.29, 0.717) is 0 Å². The first kappa shape index (κ1) is 12.2. The van der Waals surface area contributed by atoms with E-state index in [2.05, 4.69) is 12.0 Å². The van der Waals surface area contributed by atoms with Gasteiger partial charge in [-0.1, -0.05) is 27.7 Å². The number of aliphatic hydroxyl groups is 1. The highest BCUT2D eigenvalue weighted by Gasteiger charge is 2.37. The first-order valence-corrected chi connectivity index (χ1v) is 5.54. The molecule has 0 spiro atoms. The Labute approximate surface area is 92.1 Å². The maximum Gasteiger partial charge on any atom is 0.0946 e. The summed E-state index contributed by atoms with van der Waals surface area (Å²) in [6.45, 7) is 11.0. The molecule has 0 aliphatic carbocycles. The molecule has 0 aromatic carbocycles. The first-order chi connectivity index (χ1) is 6.79. The minimum absolute atomic E-state index is 0.187. The van der Waals surface area contributed by atoms with E-state index in [0.717, 1.165) is 18.5 Å². The Balaban J connectivity index is 2.95. The molecule has 3 nitrogen and oxygen atoms in total. The molecule has 1 aromatic heterocycles. The van der Waals surface area contributed by atoms with Crippen molar-refractivity contribution < 1.29 is 5.11 Å². The summed E-state index contributed by atoms with van der Waals surface area (Å²) in [5, 5.41) is 14.7. The lowest BCUT2D eigenvalue weighted by Crippen LogP contribution is -2.36. The van der Waals surface area contributed by atoms with Crippen LogP contribution in [-0.4, -0.2) is 14.9 Å². The van der Waals surface area contributed by atoms with Crippen molar-refractivity contribution in [2.75, 3.05) is 0 Å². The fraction of sp³-hybridized carbons (Fsp3) is 0.750. The topological polar surface area (TPSA) is 38.0 Å². The molecule has 15 heavy (non-hydrogen) atoms. The maximum atomic E-state index is 10.5. The van der Waals surface area contributed by atoms with Crippen molar-refractivity contribution in [1.82, 2.24) is 9.78 Å². The smallest absolute Gasteiger partial charge is 0.0946 e. The number of hydrogen-bond donors (Lipinski definition) is 1. The number of aryl methyl sites for hydroxylation is 1. The van der Waals surface area contributed by atoms with Crippen LogP contribution < -0.4 is 0 Å². The van der Waals surface area contributed by atoms with E-state index in [1.807, 2.05) is 38.6 Å². The molecule has 0 radical (unpaired) electrons. The Bertz CT molecular complexity index is 321. The van der Waals surface area contributed by atoms with Gasteiger partial charge >= 0.3 is 0 Å².